The lowest BCUT2D eigenvalue weighted by molar-refractivity contribution is -0.139. The highest BCUT2D eigenvalue weighted by Crippen LogP contribution is 2.28. The van der Waals surface area contributed by atoms with E-state index in [1.807, 2.05) is 11.0 Å². The van der Waals surface area contributed by atoms with Crippen molar-refractivity contribution in [2.45, 2.75) is 19.3 Å². The topological polar surface area (TPSA) is 53.5 Å². The second kappa shape index (κ2) is 5.61. The van der Waals surface area contributed by atoms with Crippen LogP contribution in [0.3, 0.4) is 0 Å². The Bertz CT molecular complexity index is 491. The van der Waals surface area contributed by atoms with Gasteiger partial charge in [0.25, 0.3) is 5.91 Å². The SMILES string of the molecule is O=C(c1ccccn1)N1CCN(C(=O)C2CCC2)CC1. The molecule has 5 heteroatoms. The van der Waals surface area contributed by atoms with E-state index in [-0.39, 0.29) is 17.7 Å². The van der Waals surface area contributed by atoms with Crippen molar-refractivity contribution < 1.29 is 9.59 Å². The summed E-state index contributed by atoms with van der Waals surface area (Å²) >= 11 is 0. The van der Waals surface area contributed by atoms with Crippen LogP contribution in [-0.4, -0.2) is 52.8 Å². The van der Waals surface area contributed by atoms with Gasteiger partial charge in [0, 0.05) is 38.3 Å². The lowest BCUT2D eigenvalue weighted by Gasteiger charge is -2.38. The van der Waals surface area contributed by atoms with E-state index in [0.29, 0.717) is 31.9 Å². The van der Waals surface area contributed by atoms with E-state index in [2.05, 4.69) is 4.98 Å². The number of hydrogen-bond donors (Lipinski definition) is 0. The van der Waals surface area contributed by atoms with Crippen molar-refractivity contribution in [1.82, 2.24) is 14.8 Å². The van der Waals surface area contributed by atoms with Gasteiger partial charge in [0.05, 0.1) is 0 Å². The van der Waals surface area contributed by atoms with Gasteiger partial charge in [-0.25, -0.2) is 0 Å². The van der Waals surface area contributed by atoms with E-state index in [4.69, 9.17) is 0 Å². The third-order valence-corrected chi connectivity index (χ3v) is 4.22. The molecule has 1 aromatic rings. The maximum absolute atomic E-state index is 12.2. The molecule has 0 radical (unpaired) electrons. The molecular formula is C15H19N3O2. The van der Waals surface area contributed by atoms with Crippen LogP contribution in [0, 0.1) is 5.92 Å². The largest absolute Gasteiger partial charge is 0.339 e. The third kappa shape index (κ3) is 2.53. The minimum Gasteiger partial charge on any atom is -0.339 e. The zero-order chi connectivity index (χ0) is 13.9. The first-order valence-corrected chi connectivity index (χ1v) is 7.25. The van der Waals surface area contributed by atoms with E-state index in [9.17, 15) is 9.59 Å². The summed E-state index contributed by atoms with van der Waals surface area (Å²) in [7, 11) is 0. The van der Waals surface area contributed by atoms with Crippen LogP contribution in [0.1, 0.15) is 29.8 Å². The van der Waals surface area contributed by atoms with Crippen LogP contribution in [0.15, 0.2) is 24.4 Å². The number of piperazine rings is 1. The molecule has 2 aliphatic rings. The fourth-order valence-corrected chi connectivity index (χ4v) is 2.69. The van der Waals surface area contributed by atoms with Crippen molar-refractivity contribution in [2.24, 2.45) is 5.92 Å². The highest BCUT2D eigenvalue weighted by molar-refractivity contribution is 5.92. The standard InChI is InChI=1S/C15H19N3O2/c19-14(12-4-3-5-12)17-8-10-18(11-9-17)15(20)13-6-1-2-7-16-13/h1-2,6-7,12H,3-5,8-11H2. The average Bonchev–Trinajstić information content (AvgIpc) is 2.46. The maximum Gasteiger partial charge on any atom is 0.272 e. The Kier molecular flexibility index (Phi) is 3.67. The molecule has 0 N–H and O–H groups in total. The summed E-state index contributed by atoms with van der Waals surface area (Å²) in [5.41, 5.74) is 0.478. The van der Waals surface area contributed by atoms with E-state index in [1.54, 1.807) is 23.2 Å². The number of rotatable bonds is 2. The number of carbonyl (C=O) groups excluding carboxylic acids is 2. The highest BCUT2D eigenvalue weighted by atomic mass is 16.2. The first-order valence-electron chi connectivity index (χ1n) is 7.25. The molecule has 5 nitrogen and oxygen atoms in total. The van der Waals surface area contributed by atoms with Crippen LogP contribution >= 0.6 is 0 Å². The molecule has 2 fully saturated rings. The Balaban J connectivity index is 1.55. The molecule has 0 spiro atoms. The lowest BCUT2D eigenvalue weighted by Crippen LogP contribution is -2.52. The molecule has 1 saturated heterocycles. The van der Waals surface area contributed by atoms with Gasteiger partial charge in [-0.3, -0.25) is 14.6 Å². The Labute approximate surface area is 118 Å². The lowest BCUT2D eigenvalue weighted by atomic mass is 9.84. The van der Waals surface area contributed by atoms with Gasteiger partial charge in [-0.15, -0.1) is 0 Å². The van der Waals surface area contributed by atoms with Gasteiger partial charge in [0.2, 0.25) is 5.91 Å². The maximum atomic E-state index is 12.2. The molecule has 1 aromatic heterocycles. The summed E-state index contributed by atoms with van der Waals surface area (Å²) in [5, 5.41) is 0. The van der Waals surface area contributed by atoms with Crippen LogP contribution < -0.4 is 0 Å². The second-order valence-corrected chi connectivity index (χ2v) is 5.46. The second-order valence-electron chi connectivity index (χ2n) is 5.46. The minimum atomic E-state index is -0.0404. The van der Waals surface area contributed by atoms with E-state index >= 15 is 0 Å². The number of hydrogen-bond acceptors (Lipinski definition) is 3. The van der Waals surface area contributed by atoms with Crippen LogP contribution in [0.25, 0.3) is 0 Å². The number of nitrogens with zero attached hydrogens (tertiary/aromatic N) is 3. The van der Waals surface area contributed by atoms with Crippen molar-refractivity contribution in [3.8, 4) is 0 Å². The van der Waals surface area contributed by atoms with Crippen LogP contribution in [-0.2, 0) is 4.79 Å². The molecule has 2 amide bonds. The molecule has 2 heterocycles. The van der Waals surface area contributed by atoms with Crippen molar-refractivity contribution in [1.29, 1.82) is 0 Å². The normalized spacial score (nSPS) is 19.6. The van der Waals surface area contributed by atoms with E-state index < -0.39 is 0 Å². The number of aromatic nitrogens is 1. The van der Waals surface area contributed by atoms with Gasteiger partial charge in [-0.05, 0) is 25.0 Å². The molecule has 3 rings (SSSR count). The van der Waals surface area contributed by atoms with Gasteiger partial charge < -0.3 is 9.80 Å². The quantitative estimate of drug-likeness (QED) is 0.812. The molecular weight excluding hydrogens is 254 g/mol. The molecule has 0 aromatic carbocycles. The van der Waals surface area contributed by atoms with E-state index in [0.717, 1.165) is 12.8 Å². The minimum absolute atomic E-state index is 0.0404. The van der Waals surface area contributed by atoms with Crippen LogP contribution in [0.5, 0.6) is 0 Å². The summed E-state index contributed by atoms with van der Waals surface area (Å²) in [5.74, 6) is 0.482. The summed E-state index contributed by atoms with van der Waals surface area (Å²) in [6.07, 6.45) is 4.87. The molecule has 20 heavy (non-hydrogen) atoms. The van der Waals surface area contributed by atoms with Crippen molar-refractivity contribution in [2.75, 3.05) is 26.2 Å². The fourth-order valence-electron chi connectivity index (χ4n) is 2.69. The molecule has 0 atom stereocenters. The van der Waals surface area contributed by atoms with Crippen molar-refractivity contribution in [3.63, 3.8) is 0 Å². The van der Waals surface area contributed by atoms with Gasteiger partial charge in [-0.2, -0.15) is 0 Å². The van der Waals surface area contributed by atoms with Crippen molar-refractivity contribution in [3.05, 3.63) is 30.1 Å². The van der Waals surface area contributed by atoms with Crippen LogP contribution in [0.2, 0.25) is 0 Å². The highest BCUT2D eigenvalue weighted by Gasteiger charge is 2.32. The van der Waals surface area contributed by atoms with Crippen molar-refractivity contribution >= 4 is 11.8 Å². The molecule has 1 aliphatic heterocycles. The number of carbonyl (C=O) groups is 2. The average molecular weight is 273 g/mol. The first kappa shape index (κ1) is 13.1. The zero-order valence-corrected chi connectivity index (χ0v) is 11.5. The predicted molar refractivity (Wildman–Crippen MR) is 74.1 cm³/mol. The Morgan fingerprint density at radius 2 is 1.75 bits per heavy atom. The van der Waals surface area contributed by atoms with Gasteiger partial charge in [0.1, 0.15) is 5.69 Å². The Morgan fingerprint density at radius 1 is 1.05 bits per heavy atom. The summed E-state index contributed by atoms with van der Waals surface area (Å²) in [6, 6.07) is 5.34. The van der Waals surface area contributed by atoms with Gasteiger partial charge in [-0.1, -0.05) is 12.5 Å². The zero-order valence-electron chi connectivity index (χ0n) is 11.5. The van der Waals surface area contributed by atoms with Gasteiger partial charge >= 0.3 is 0 Å². The first-order chi connectivity index (χ1) is 9.75. The predicted octanol–water partition coefficient (Wildman–Crippen LogP) is 1.17. The third-order valence-electron chi connectivity index (χ3n) is 4.22. The Hall–Kier alpha value is -1.91. The van der Waals surface area contributed by atoms with Gasteiger partial charge in [0.15, 0.2) is 0 Å². The number of pyridine rings is 1. The number of amides is 2. The molecule has 1 aliphatic carbocycles. The molecule has 0 unspecified atom stereocenters. The summed E-state index contributed by atoms with van der Waals surface area (Å²) < 4.78 is 0. The van der Waals surface area contributed by atoms with Crippen LogP contribution in [0.4, 0.5) is 0 Å². The molecule has 106 valence electrons. The van der Waals surface area contributed by atoms with E-state index in [1.165, 1.54) is 6.42 Å². The molecule has 0 bridgehead atoms. The fraction of sp³-hybridized carbons (Fsp3) is 0.533. The summed E-state index contributed by atoms with van der Waals surface area (Å²) in [6.45, 7) is 2.50. The molecule has 1 saturated carbocycles. The Morgan fingerprint density at radius 3 is 2.30 bits per heavy atom. The summed E-state index contributed by atoms with van der Waals surface area (Å²) in [4.78, 5) is 32.2. The smallest absolute Gasteiger partial charge is 0.272 e. The monoisotopic (exact) mass is 273 g/mol.